The van der Waals surface area contributed by atoms with E-state index in [4.69, 9.17) is 5.11 Å². The molecular weight excluding hydrogens is 1160 g/mol. The Labute approximate surface area is 529 Å². The van der Waals surface area contributed by atoms with E-state index in [9.17, 15) is 28.8 Å². The zero-order valence-corrected chi connectivity index (χ0v) is 51.2. The number of aliphatic carboxylic acids is 1. The number of carboxylic acids is 1. The molecule has 0 saturated heterocycles. The first-order chi connectivity index (χ1) is 44.8. The van der Waals surface area contributed by atoms with Crippen molar-refractivity contribution in [3.05, 3.63) is 268 Å². The zero-order valence-electron chi connectivity index (χ0n) is 51.2. The summed E-state index contributed by atoms with van der Waals surface area (Å²) in [6.45, 7) is 3.86. The second kappa shape index (κ2) is 31.0. The maximum Gasteiger partial charge on any atom is 0.322 e. The first-order valence-electron chi connectivity index (χ1n) is 29.4. The molecule has 6 heterocycles. The number of carbonyl (C=O) groups is 3. The largest absolute Gasteiger partial charge is 0.480 e. The number of benzene rings is 6. The summed E-state index contributed by atoms with van der Waals surface area (Å²) in [7, 11) is 4.98. The van der Waals surface area contributed by atoms with Crippen LogP contribution in [0.4, 0.5) is 51.6 Å². The standard InChI is InChI=1S/C24H23N5O2.C23H21N5O2.C22H18N4O3.C2H6/c1-28(2)23(31)16-26-20-15-25-14-19-21(30)13-22(27-17-9-5-3-6-10-17)29(24(19)20)18-11-7-4-8-12-18;1-24-22(30)15-26-19-14-25-13-18-20(29)12-21(27-16-8-4-2-5-9-16)28(23(18)19)17-10-6-3-7-11-17;27-19-11-20(25-15-7-3-1-4-8-15)26(16-9-5-2-6-10-16)22-17(19)12-23-13-18(22)24-14-21(28)29;1-2/h3-15,26-27H,16H2,1-2H3;2-14,26-27H,15H2,1H3,(H,24,30);1-13,24-25H,14H2,(H,28,29);1-2H3. The minimum Gasteiger partial charge on any atom is -0.480 e. The summed E-state index contributed by atoms with van der Waals surface area (Å²) in [4.78, 5) is 87.8. The van der Waals surface area contributed by atoms with Crippen LogP contribution in [-0.2, 0) is 14.4 Å². The third kappa shape index (κ3) is 15.6. The number of amides is 2. The number of pyridine rings is 6. The van der Waals surface area contributed by atoms with Gasteiger partial charge in [0.05, 0.1) is 81.5 Å². The fourth-order valence-electron chi connectivity index (χ4n) is 9.76. The van der Waals surface area contributed by atoms with Crippen LogP contribution in [0.1, 0.15) is 13.8 Å². The molecule has 0 fully saturated rings. The quantitative estimate of drug-likeness (QED) is 0.0397. The minimum atomic E-state index is -1.01. The van der Waals surface area contributed by atoms with Gasteiger partial charge in [-0.05, 0) is 72.8 Å². The van der Waals surface area contributed by atoms with E-state index < -0.39 is 5.97 Å². The van der Waals surface area contributed by atoms with Gasteiger partial charge in [-0.3, -0.25) is 57.4 Å². The van der Waals surface area contributed by atoms with Gasteiger partial charge in [-0.15, -0.1) is 0 Å². The monoisotopic (exact) mass is 1230 g/mol. The van der Waals surface area contributed by atoms with Crippen LogP contribution in [0.5, 0.6) is 0 Å². The number of carboxylic acid groups (broad SMARTS) is 1. The van der Waals surface area contributed by atoms with Gasteiger partial charge in [0.1, 0.15) is 24.0 Å². The molecule has 0 unspecified atom stereocenters. The fraction of sp³-hybridized carbons (Fsp3) is 0.113. The van der Waals surface area contributed by atoms with Crippen LogP contribution in [0.2, 0.25) is 0 Å². The van der Waals surface area contributed by atoms with Crippen LogP contribution in [-0.4, -0.2) is 97.2 Å². The molecule has 92 heavy (non-hydrogen) atoms. The Balaban J connectivity index is 0.000000161. The van der Waals surface area contributed by atoms with Gasteiger partial charge in [0.25, 0.3) is 0 Å². The molecule has 0 spiro atoms. The molecule has 2 amide bonds. The number of nitrogens with one attached hydrogen (secondary N) is 7. The van der Waals surface area contributed by atoms with Gasteiger partial charge >= 0.3 is 5.97 Å². The normalized spacial score (nSPS) is 10.4. The molecule has 0 aliphatic rings. The Kier molecular flexibility index (Phi) is 21.6. The molecular formula is C71H68N14O7. The van der Waals surface area contributed by atoms with E-state index in [1.54, 1.807) is 58.1 Å². The Morgan fingerprint density at radius 2 is 0.696 bits per heavy atom. The van der Waals surface area contributed by atoms with Crippen molar-refractivity contribution in [3.8, 4) is 17.1 Å². The molecule has 0 saturated carbocycles. The van der Waals surface area contributed by atoms with E-state index in [0.29, 0.717) is 67.2 Å². The molecule has 21 heteroatoms. The third-order valence-corrected chi connectivity index (χ3v) is 14.0. The lowest BCUT2D eigenvalue weighted by molar-refractivity contribution is -0.135. The van der Waals surface area contributed by atoms with Gasteiger partial charge in [-0.25, -0.2) is 0 Å². The van der Waals surface area contributed by atoms with Gasteiger partial charge in [0, 0.05) is 92.1 Å². The molecule has 21 nitrogen and oxygen atoms in total. The number of fused-ring (bicyclic) bond motifs is 3. The van der Waals surface area contributed by atoms with Crippen LogP contribution >= 0.6 is 0 Å². The molecule has 0 aliphatic heterocycles. The van der Waals surface area contributed by atoms with Gasteiger partial charge in [0.15, 0.2) is 16.3 Å². The highest BCUT2D eigenvalue weighted by atomic mass is 16.4. The summed E-state index contributed by atoms with van der Waals surface area (Å²) in [5.41, 5.74) is 8.08. The SMILES string of the molecule is CC.CN(C)C(=O)CNc1cncc2c(=O)cc(Nc3ccccc3)n(-c3ccccc3)c12.CNC(=O)CNc1cncc2c(=O)cc(Nc3ccccc3)n(-c3ccccc3)c12.O=C(O)CNc1cncc2c(=O)cc(Nc3ccccc3)n(-c3ccccc3)c12. The van der Waals surface area contributed by atoms with Gasteiger partial charge in [0.2, 0.25) is 11.8 Å². The lowest BCUT2D eigenvalue weighted by Gasteiger charge is -2.21. The smallest absolute Gasteiger partial charge is 0.322 e. The number of para-hydroxylation sites is 6. The number of carbonyl (C=O) groups excluding carboxylic acids is 2. The average Bonchev–Trinajstić information content (AvgIpc) is 0.780. The fourth-order valence-corrected chi connectivity index (χ4v) is 9.76. The number of nitrogens with zero attached hydrogens (tertiary/aromatic N) is 7. The van der Waals surface area contributed by atoms with E-state index in [2.05, 4.69) is 52.2 Å². The molecule has 0 radical (unpaired) electrons. The lowest BCUT2D eigenvalue weighted by Crippen LogP contribution is -2.29. The Morgan fingerprint density at radius 1 is 0.413 bits per heavy atom. The minimum absolute atomic E-state index is 0.0661. The molecule has 0 aliphatic carbocycles. The van der Waals surface area contributed by atoms with E-state index in [1.807, 2.05) is 210 Å². The van der Waals surface area contributed by atoms with E-state index in [1.165, 1.54) is 23.4 Å². The van der Waals surface area contributed by atoms with E-state index >= 15 is 0 Å². The molecule has 464 valence electrons. The lowest BCUT2D eigenvalue weighted by atomic mass is 10.2. The summed E-state index contributed by atoms with van der Waals surface area (Å²) in [5.74, 6) is 0.532. The van der Waals surface area contributed by atoms with Crippen molar-refractivity contribution < 1.29 is 19.5 Å². The van der Waals surface area contributed by atoms with Gasteiger partial charge in [-0.2, -0.15) is 0 Å². The van der Waals surface area contributed by atoms with Crippen molar-refractivity contribution in [1.82, 2.24) is 38.9 Å². The van der Waals surface area contributed by atoms with Crippen molar-refractivity contribution in [1.29, 1.82) is 0 Å². The van der Waals surface area contributed by atoms with Crippen LogP contribution < -0.4 is 53.5 Å². The molecule has 0 atom stereocenters. The van der Waals surface area contributed by atoms with Crippen LogP contribution in [0, 0.1) is 0 Å². The van der Waals surface area contributed by atoms with Crippen molar-refractivity contribution in [2.45, 2.75) is 13.8 Å². The van der Waals surface area contributed by atoms with Crippen molar-refractivity contribution in [3.63, 3.8) is 0 Å². The van der Waals surface area contributed by atoms with E-state index in [-0.39, 0.29) is 47.7 Å². The summed E-state index contributed by atoms with van der Waals surface area (Å²) >= 11 is 0. The number of rotatable bonds is 18. The molecule has 12 aromatic rings. The van der Waals surface area contributed by atoms with Crippen LogP contribution in [0.25, 0.3) is 49.8 Å². The first kappa shape index (κ1) is 64.1. The molecule has 0 bridgehead atoms. The van der Waals surface area contributed by atoms with E-state index in [0.717, 1.165) is 34.1 Å². The first-order valence-corrected chi connectivity index (χ1v) is 29.4. The summed E-state index contributed by atoms with van der Waals surface area (Å²) < 4.78 is 5.81. The average molecular weight is 1230 g/mol. The zero-order chi connectivity index (χ0) is 64.9. The predicted molar refractivity (Wildman–Crippen MR) is 368 cm³/mol. The third-order valence-electron chi connectivity index (χ3n) is 14.0. The molecule has 12 rings (SSSR count). The number of likely N-dealkylation sites (N-methyl/N-ethyl adjacent to an activating group) is 2. The second-order valence-electron chi connectivity index (χ2n) is 20.3. The Morgan fingerprint density at radius 3 is 0.978 bits per heavy atom. The predicted octanol–water partition coefficient (Wildman–Crippen LogP) is 11.6. The van der Waals surface area contributed by atoms with Gasteiger partial charge < -0.3 is 47.2 Å². The molecule has 6 aromatic heterocycles. The number of anilines is 9. The number of hydrogen-bond donors (Lipinski definition) is 8. The second-order valence-corrected chi connectivity index (χ2v) is 20.3. The van der Waals surface area contributed by atoms with Crippen molar-refractivity contribution >= 4 is 102 Å². The maximum atomic E-state index is 13.0. The molecule has 8 N–H and O–H groups in total. The Hall–Kier alpha value is -12.4. The summed E-state index contributed by atoms with van der Waals surface area (Å²) in [5, 5.41) is 32.1. The van der Waals surface area contributed by atoms with Crippen LogP contribution in [0.3, 0.4) is 0 Å². The van der Waals surface area contributed by atoms with Crippen LogP contribution in [0.15, 0.2) is 252 Å². The summed E-state index contributed by atoms with van der Waals surface area (Å²) in [6.07, 6.45) is 9.38. The van der Waals surface area contributed by atoms with Crippen molar-refractivity contribution in [2.75, 3.05) is 72.7 Å². The maximum absolute atomic E-state index is 13.0. The highest BCUT2D eigenvalue weighted by Gasteiger charge is 2.20. The highest BCUT2D eigenvalue weighted by molar-refractivity contribution is 5.97. The number of aromatic nitrogens is 6. The Bertz CT molecular complexity index is 4670. The summed E-state index contributed by atoms with van der Waals surface area (Å²) in [6, 6.07) is 62.5. The van der Waals surface area contributed by atoms with Gasteiger partial charge in [-0.1, -0.05) is 123 Å². The topological polar surface area (TPSA) is 264 Å². The number of hydrogen-bond acceptors (Lipinski definition) is 15. The van der Waals surface area contributed by atoms with Crippen molar-refractivity contribution in [2.24, 2.45) is 0 Å². The molecule has 6 aromatic carbocycles. The highest BCUT2D eigenvalue weighted by Crippen LogP contribution is 2.33.